The number of nitrogens with one attached hydrogen (secondary N) is 2. The summed E-state index contributed by atoms with van der Waals surface area (Å²) >= 11 is 0. The van der Waals surface area contributed by atoms with Crippen molar-refractivity contribution in [1.29, 1.82) is 0 Å². The summed E-state index contributed by atoms with van der Waals surface area (Å²) in [7, 11) is 1.86. The maximum absolute atomic E-state index is 5.57. The van der Waals surface area contributed by atoms with Crippen molar-refractivity contribution in [3.05, 3.63) is 35.4 Å². The number of guanidine groups is 1. The Balaban J connectivity index is 0.00000300. The summed E-state index contributed by atoms with van der Waals surface area (Å²) in [5.74, 6) is 0.897. The molecule has 2 fully saturated rings. The lowest BCUT2D eigenvalue weighted by Gasteiger charge is -2.35. The van der Waals surface area contributed by atoms with Crippen molar-refractivity contribution in [2.24, 2.45) is 4.99 Å². The van der Waals surface area contributed by atoms with Crippen LogP contribution in [0.5, 0.6) is 0 Å². The molecular formula is C22H38IN5O. The zero-order chi connectivity index (χ0) is 19.8. The third kappa shape index (κ3) is 7.08. The van der Waals surface area contributed by atoms with E-state index in [0.29, 0.717) is 12.1 Å². The molecule has 2 aliphatic rings. The van der Waals surface area contributed by atoms with E-state index in [1.54, 1.807) is 0 Å². The summed E-state index contributed by atoms with van der Waals surface area (Å²) in [4.78, 5) is 9.53. The molecule has 3 rings (SSSR count). The summed E-state index contributed by atoms with van der Waals surface area (Å²) in [6.07, 6.45) is 2.58. The van der Waals surface area contributed by atoms with Gasteiger partial charge in [0, 0.05) is 39.3 Å². The van der Waals surface area contributed by atoms with Crippen LogP contribution in [-0.2, 0) is 4.74 Å². The SMILES string of the molecule is CCN1CCCC1CNC(=NC)NCC(c1ccc(C)cc1)N1CCOCC1.I. The van der Waals surface area contributed by atoms with Gasteiger partial charge in [0.2, 0.25) is 0 Å². The van der Waals surface area contributed by atoms with Gasteiger partial charge in [-0.2, -0.15) is 0 Å². The predicted octanol–water partition coefficient (Wildman–Crippen LogP) is 2.64. The molecule has 7 heteroatoms. The Bertz CT molecular complexity index is 618. The topological polar surface area (TPSA) is 52.1 Å². The van der Waals surface area contributed by atoms with Gasteiger partial charge >= 0.3 is 0 Å². The third-order valence-electron chi connectivity index (χ3n) is 6.05. The van der Waals surface area contributed by atoms with E-state index >= 15 is 0 Å². The molecule has 29 heavy (non-hydrogen) atoms. The second-order valence-electron chi connectivity index (χ2n) is 7.83. The van der Waals surface area contributed by atoms with Gasteiger partial charge in [0.15, 0.2) is 5.96 Å². The highest BCUT2D eigenvalue weighted by atomic mass is 127. The number of likely N-dealkylation sites (N-methyl/N-ethyl adjacent to an activating group) is 1. The van der Waals surface area contributed by atoms with Crippen molar-refractivity contribution >= 4 is 29.9 Å². The molecule has 2 N–H and O–H groups in total. The van der Waals surface area contributed by atoms with Crippen molar-refractivity contribution in [3.63, 3.8) is 0 Å². The predicted molar refractivity (Wildman–Crippen MR) is 131 cm³/mol. The summed E-state index contributed by atoms with van der Waals surface area (Å²) in [6, 6.07) is 9.86. The van der Waals surface area contributed by atoms with Gasteiger partial charge in [-0.05, 0) is 38.4 Å². The van der Waals surface area contributed by atoms with Crippen LogP contribution in [-0.4, -0.2) is 81.3 Å². The quantitative estimate of drug-likeness (QED) is 0.332. The van der Waals surface area contributed by atoms with Crippen LogP contribution in [0.4, 0.5) is 0 Å². The molecule has 0 aromatic heterocycles. The van der Waals surface area contributed by atoms with Crippen LogP contribution >= 0.6 is 24.0 Å². The Hall–Kier alpha value is -0.900. The molecule has 0 bridgehead atoms. The molecule has 0 aliphatic carbocycles. The van der Waals surface area contributed by atoms with E-state index in [1.807, 2.05) is 7.05 Å². The number of morpholine rings is 1. The first-order valence-electron chi connectivity index (χ1n) is 10.8. The number of rotatable bonds is 7. The number of halogens is 1. The lowest BCUT2D eigenvalue weighted by molar-refractivity contribution is 0.0170. The molecule has 0 amide bonds. The third-order valence-corrected chi connectivity index (χ3v) is 6.05. The van der Waals surface area contributed by atoms with E-state index in [4.69, 9.17) is 4.74 Å². The summed E-state index contributed by atoms with van der Waals surface area (Å²) in [6.45, 7) is 12.1. The second kappa shape index (κ2) is 12.7. The van der Waals surface area contributed by atoms with Crippen molar-refractivity contribution in [3.8, 4) is 0 Å². The van der Waals surface area contributed by atoms with E-state index in [9.17, 15) is 0 Å². The lowest BCUT2D eigenvalue weighted by atomic mass is 10.0. The molecule has 1 aromatic rings. The van der Waals surface area contributed by atoms with Crippen molar-refractivity contribution < 1.29 is 4.74 Å². The molecule has 2 unspecified atom stereocenters. The first-order valence-corrected chi connectivity index (χ1v) is 10.8. The Morgan fingerprint density at radius 2 is 1.90 bits per heavy atom. The van der Waals surface area contributed by atoms with Crippen LogP contribution in [0.2, 0.25) is 0 Å². The van der Waals surface area contributed by atoms with Crippen LogP contribution in [0.15, 0.2) is 29.3 Å². The summed E-state index contributed by atoms with van der Waals surface area (Å²) < 4.78 is 5.57. The van der Waals surface area contributed by atoms with E-state index in [2.05, 4.69) is 63.5 Å². The zero-order valence-electron chi connectivity index (χ0n) is 18.2. The normalized spacial score (nSPS) is 22.2. The van der Waals surface area contributed by atoms with E-state index in [0.717, 1.165) is 51.9 Å². The van der Waals surface area contributed by atoms with E-state index in [-0.39, 0.29) is 24.0 Å². The van der Waals surface area contributed by atoms with E-state index < -0.39 is 0 Å². The van der Waals surface area contributed by atoms with Gasteiger partial charge in [0.25, 0.3) is 0 Å². The maximum atomic E-state index is 5.57. The number of likely N-dealkylation sites (tertiary alicyclic amines) is 1. The number of nitrogens with zero attached hydrogens (tertiary/aromatic N) is 3. The molecular weight excluding hydrogens is 477 g/mol. The molecule has 6 nitrogen and oxygen atoms in total. The number of benzene rings is 1. The van der Waals surface area contributed by atoms with Gasteiger partial charge in [0.05, 0.1) is 19.3 Å². The minimum absolute atomic E-state index is 0. The fraction of sp³-hybridized carbons (Fsp3) is 0.682. The number of aryl methyl sites for hydroxylation is 1. The summed E-state index contributed by atoms with van der Waals surface area (Å²) in [5, 5.41) is 7.12. The molecule has 2 aliphatic heterocycles. The van der Waals surface area contributed by atoms with Gasteiger partial charge in [-0.25, -0.2) is 0 Å². The molecule has 2 heterocycles. The fourth-order valence-corrected chi connectivity index (χ4v) is 4.31. The van der Waals surface area contributed by atoms with Gasteiger partial charge in [-0.3, -0.25) is 14.8 Å². The van der Waals surface area contributed by atoms with Crippen LogP contribution in [0.25, 0.3) is 0 Å². The molecule has 2 saturated heterocycles. The average molecular weight is 515 g/mol. The van der Waals surface area contributed by atoms with Crippen molar-refractivity contribution in [2.75, 3.05) is 59.5 Å². The largest absolute Gasteiger partial charge is 0.379 e. The molecule has 1 aromatic carbocycles. The van der Waals surface area contributed by atoms with Crippen LogP contribution in [0.3, 0.4) is 0 Å². The Morgan fingerprint density at radius 3 is 2.55 bits per heavy atom. The molecule has 164 valence electrons. The Kier molecular flexibility index (Phi) is 10.7. The van der Waals surface area contributed by atoms with E-state index in [1.165, 1.54) is 30.5 Å². The smallest absolute Gasteiger partial charge is 0.191 e. The number of aliphatic imine (C=N–C) groups is 1. The number of hydrogen-bond acceptors (Lipinski definition) is 4. The number of ether oxygens (including phenoxy) is 1. The Morgan fingerprint density at radius 1 is 1.17 bits per heavy atom. The Labute approximate surface area is 193 Å². The molecule has 0 saturated carbocycles. The summed E-state index contributed by atoms with van der Waals surface area (Å²) in [5.41, 5.74) is 2.65. The average Bonchev–Trinajstić information content (AvgIpc) is 3.20. The van der Waals surface area contributed by atoms with Crippen LogP contribution < -0.4 is 10.6 Å². The first-order chi connectivity index (χ1) is 13.7. The standard InChI is InChI=1S/C22H37N5O.HI/c1-4-26-11-5-6-20(26)16-24-22(23-3)25-17-21(27-12-14-28-15-13-27)19-9-7-18(2)8-10-19;/h7-10,20-21H,4-6,11-17H2,1-3H3,(H2,23,24,25);1H. The van der Waals surface area contributed by atoms with Gasteiger partial charge < -0.3 is 15.4 Å². The van der Waals surface area contributed by atoms with Gasteiger partial charge in [-0.1, -0.05) is 36.8 Å². The van der Waals surface area contributed by atoms with Gasteiger partial charge in [-0.15, -0.1) is 24.0 Å². The molecule has 0 radical (unpaired) electrons. The lowest BCUT2D eigenvalue weighted by Crippen LogP contribution is -2.48. The molecule has 2 atom stereocenters. The highest BCUT2D eigenvalue weighted by Crippen LogP contribution is 2.22. The zero-order valence-corrected chi connectivity index (χ0v) is 20.5. The second-order valence-corrected chi connectivity index (χ2v) is 7.83. The minimum atomic E-state index is 0. The highest BCUT2D eigenvalue weighted by Gasteiger charge is 2.24. The highest BCUT2D eigenvalue weighted by molar-refractivity contribution is 14.0. The maximum Gasteiger partial charge on any atom is 0.191 e. The number of hydrogen-bond donors (Lipinski definition) is 2. The van der Waals surface area contributed by atoms with Crippen LogP contribution in [0.1, 0.15) is 36.9 Å². The van der Waals surface area contributed by atoms with Gasteiger partial charge in [0.1, 0.15) is 0 Å². The fourth-order valence-electron chi connectivity index (χ4n) is 4.31. The van der Waals surface area contributed by atoms with Crippen molar-refractivity contribution in [1.82, 2.24) is 20.4 Å². The van der Waals surface area contributed by atoms with Crippen LogP contribution in [0, 0.1) is 6.92 Å². The molecule has 0 spiro atoms. The minimum Gasteiger partial charge on any atom is -0.379 e. The monoisotopic (exact) mass is 515 g/mol. The van der Waals surface area contributed by atoms with Crippen molar-refractivity contribution in [2.45, 2.75) is 38.8 Å². The first kappa shape index (κ1) is 24.4.